The highest BCUT2D eigenvalue weighted by Crippen LogP contribution is 2.29. The van der Waals surface area contributed by atoms with E-state index in [9.17, 15) is 14.7 Å². The molecule has 1 aliphatic carbocycles. The fraction of sp³-hybridized carbons (Fsp3) is 0.619. The number of hydrogen-bond acceptors (Lipinski definition) is 4. The number of alkyl carbamates (subject to hydrolysis) is 1. The Kier molecular flexibility index (Phi) is 7.28. The molecule has 1 saturated heterocycles. The quantitative estimate of drug-likeness (QED) is 0.597. The van der Waals surface area contributed by atoms with Crippen molar-refractivity contribution in [3.8, 4) is 0 Å². The average Bonchev–Trinajstić information content (AvgIpc) is 2.92. The maximum atomic E-state index is 13.2. The van der Waals surface area contributed by atoms with Crippen molar-refractivity contribution < 1.29 is 24.7 Å². The van der Waals surface area contributed by atoms with E-state index in [1.165, 1.54) is 0 Å². The highest BCUT2D eigenvalue weighted by atomic mass is 16.5. The Balaban J connectivity index is 1.62. The van der Waals surface area contributed by atoms with Crippen LogP contribution in [0.4, 0.5) is 4.79 Å². The zero-order valence-electron chi connectivity index (χ0n) is 16.4. The van der Waals surface area contributed by atoms with Crippen molar-refractivity contribution in [2.24, 2.45) is 0 Å². The normalized spacial score (nSPS) is 24.6. The summed E-state index contributed by atoms with van der Waals surface area (Å²) >= 11 is 0. The molecule has 1 aromatic carbocycles. The highest BCUT2D eigenvalue weighted by Gasteiger charge is 2.43. The lowest BCUT2D eigenvalue weighted by molar-refractivity contribution is -0.658. The maximum Gasteiger partial charge on any atom is 0.408 e. The standard InChI is InChI=1S/C21H31N3O4/c25-18-14-22-13-7-10-17(18)23-19(26)21(11-5-2-6-12-21)24-20(27)28-15-16-8-3-1-4-9-16/h1,3-4,8-9,17-18,22,25H,2,5-7,10-15H2,(H,23,26)(H,24,27)/p+1. The van der Waals surface area contributed by atoms with Gasteiger partial charge in [-0.25, -0.2) is 4.79 Å². The van der Waals surface area contributed by atoms with Crippen molar-refractivity contribution in [3.63, 3.8) is 0 Å². The van der Waals surface area contributed by atoms with E-state index in [0.29, 0.717) is 19.4 Å². The smallest absolute Gasteiger partial charge is 0.408 e. The van der Waals surface area contributed by atoms with Crippen molar-refractivity contribution in [1.82, 2.24) is 10.6 Å². The molecule has 2 aliphatic rings. The number of aliphatic hydroxyl groups is 1. The van der Waals surface area contributed by atoms with Crippen LogP contribution in [0, 0.1) is 0 Å². The first kappa shape index (κ1) is 20.6. The molecule has 1 heterocycles. The monoisotopic (exact) mass is 390 g/mol. The number of benzene rings is 1. The molecular formula is C21H32N3O4+. The van der Waals surface area contributed by atoms with Gasteiger partial charge in [0.2, 0.25) is 5.91 Å². The number of carbonyl (C=O) groups is 2. The van der Waals surface area contributed by atoms with E-state index in [4.69, 9.17) is 4.74 Å². The minimum absolute atomic E-state index is 0.168. The molecule has 1 aliphatic heterocycles. The number of amides is 2. The van der Waals surface area contributed by atoms with Crippen LogP contribution in [-0.2, 0) is 16.1 Å². The van der Waals surface area contributed by atoms with Gasteiger partial charge in [-0.15, -0.1) is 0 Å². The van der Waals surface area contributed by atoms with Crippen LogP contribution in [0.25, 0.3) is 0 Å². The molecule has 2 amide bonds. The number of aliphatic hydroxyl groups excluding tert-OH is 1. The molecule has 28 heavy (non-hydrogen) atoms. The van der Waals surface area contributed by atoms with Crippen LogP contribution < -0.4 is 16.0 Å². The summed E-state index contributed by atoms with van der Waals surface area (Å²) in [5.41, 5.74) is -0.0560. The van der Waals surface area contributed by atoms with Crippen molar-refractivity contribution in [1.29, 1.82) is 0 Å². The molecule has 3 rings (SSSR count). The zero-order valence-corrected chi connectivity index (χ0v) is 16.4. The van der Waals surface area contributed by atoms with Crippen LogP contribution in [0.1, 0.15) is 50.5 Å². The zero-order chi connectivity index (χ0) is 19.8. The topological polar surface area (TPSA) is 104 Å². The fourth-order valence-electron chi connectivity index (χ4n) is 4.12. The third-order valence-corrected chi connectivity index (χ3v) is 5.81. The lowest BCUT2D eigenvalue weighted by atomic mass is 9.80. The fourth-order valence-corrected chi connectivity index (χ4v) is 4.12. The summed E-state index contributed by atoms with van der Waals surface area (Å²) in [6, 6.07) is 9.20. The van der Waals surface area contributed by atoms with E-state index < -0.39 is 17.7 Å². The molecule has 1 aromatic rings. The van der Waals surface area contributed by atoms with Gasteiger partial charge in [0, 0.05) is 0 Å². The second-order valence-electron chi connectivity index (χ2n) is 7.93. The van der Waals surface area contributed by atoms with Gasteiger partial charge in [0.25, 0.3) is 0 Å². The van der Waals surface area contributed by atoms with E-state index in [2.05, 4.69) is 16.0 Å². The number of quaternary nitrogens is 1. The predicted octanol–water partition coefficient (Wildman–Crippen LogP) is 0.819. The van der Waals surface area contributed by atoms with Gasteiger partial charge in [0.15, 0.2) is 0 Å². The number of carbonyl (C=O) groups excluding carboxylic acids is 2. The second kappa shape index (κ2) is 9.89. The van der Waals surface area contributed by atoms with Gasteiger partial charge in [-0.05, 0) is 31.2 Å². The lowest BCUT2D eigenvalue weighted by Gasteiger charge is -2.37. The molecule has 0 radical (unpaired) electrons. The Labute approximate surface area is 166 Å². The number of hydrogen-bond donors (Lipinski definition) is 4. The van der Waals surface area contributed by atoms with Crippen molar-refractivity contribution >= 4 is 12.0 Å². The predicted molar refractivity (Wildman–Crippen MR) is 104 cm³/mol. The Morgan fingerprint density at radius 3 is 2.64 bits per heavy atom. The number of ether oxygens (including phenoxy) is 1. The molecule has 154 valence electrons. The summed E-state index contributed by atoms with van der Waals surface area (Å²) in [5.74, 6) is -0.199. The Morgan fingerprint density at radius 1 is 1.14 bits per heavy atom. The summed E-state index contributed by atoms with van der Waals surface area (Å²) in [4.78, 5) is 25.6. The van der Waals surface area contributed by atoms with Gasteiger partial charge in [0.05, 0.1) is 12.6 Å². The Bertz CT molecular complexity index is 646. The van der Waals surface area contributed by atoms with Crippen LogP contribution in [0.3, 0.4) is 0 Å². The molecule has 2 unspecified atom stereocenters. The number of nitrogens with one attached hydrogen (secondary N) is 2. The Morgan fingerprint density at radius 2 is 1.89 bits per heavy atom. The van der Waals surface area contributed by atoms with Crippen molar-refractivity contribution in [2.75, 3.05) is 13.1 Å². The van der Waals surface area contributed by atoms with E-state index >= 15 is 0 Å². The lowest BCUT2D eigenvalue weighted by Crippen LogP contribution is -2.86. The first-order valence-electron chi connectivity index (χ1n) is 10.4. The van der Waals surface area contributed by atoms with Gasteiger partial charge in [-0.2, -0.15) is 0 Å². The largest absolute Gasteiger partial charge is 0.445 e. The molecule has 7 nitrogen and oxygen atoms in total. The van der Waals surface area contributed by atoms with E-state index in [1.54, 1.807) is 0 Å². The minimum atomic E-state index is -0.957. The summed E-state index contributed by atoms with van der Waals surface area (Å²) in [7, 11) is 0. The van der Waals surface area contributed by atoms with Crippen LogP contribution >= 0.6 is 0 Å². The molecule has 1 saturated carbocycles. The summed E-state index contributed by atoms with van der Waals surface area (Å²) < 4.78 is 5.35. The molecule has 0 aromatic heterocycles. The van der Waals surface area contributed by atoms with Crippen molar-refractivity contribution in [3.05, 3.63) is 35.9 Å². The first-order valence-corrected chi connectivity index (χ1v) is 10.4. The Hall–Kier alpha value is -2.12. The van der Waals surface area contributed by atoms with Crippen molar-refractivity contribution in [2.45, 2.75) is 69.2 Å². The van der Waals surface area contributed by atoms with Crippen LogP contribution in [0.2, 0.25) is 0 Å². The minimum Gasteiger partial charge on any atom is -0.445 e. The van der Waals surface area contributed by atoms with Gasteiger partial charge in [-0.3, -0.25) is 4.79 Å². The number of nitrogens with two attached hydrogens (primary N) is 1. The summed E-state index contributed by atoms with van der Waals surface area (Å²) in [5, 5.41) is 18.3. The molecule has 0 spiro atoms. The molecular weight excluding hydrogens is 358 g/mol. The van der Waals surface area contributed by atoms with Crippen LogP contribution in [0.5, 0.6) is 0 Å². The summed E-state index contributed by atoms with van der Waals surface area (Å²) in [6.07, 6.45) is 4.55. The average molecular weight is 391 g/mol. The van der Waals surface area contributed by atoms with Gasteiger partial charge >= 0.3 is 6.09 Å². The molecule has 0 bridgehead atoms. The van der Waals surface area contributed by atoms with E-state index in [1.807, 2.05) is 30.3 Å². The van der Waals surface area contributed by atoms with E-state index in [0.717, 1.165) is 44.2 Å². The third kappa shape index (κ3) is 5.45. The second-order valence-corrected chi connectivity index (χ2v) is 7.93. The number of rotatable bonds is 5. The third-order valence-electron chi connectivity index (χ3n) is 5.81. The molecule has 7 heteroatoms. The van der Waals surface area contributed by atoms with E-state index in [-0.39, 0.29) is 18.6 Å². The first-order chi connectivity index (χ1) is 13.6. The maximum absolute atomic E-state index is 13.2. The van der Waals surface area contributed by atoms with Crippen LogP contribution in [0.15, 0.2) is 30.3 Å². The SMILES string of the molecule is O=C(NC1(C(=O)NC2CCC[NH2+]CC2O)CCCCC1)OCc1ccccc1. The molecule has 2 fully saturated rings. The van der Waals surface area contributed by atoms with Crippen LogP contribution in [-0.4, -0.2) is 47.9 Å². The van der Waals surface area contributed by atoms with Gasteiger partial charge < -0.3 is 25.8 Å². The van der Waals surface area contributed by atoms with Gasteiger partial charge in [-0.1, -0.05) is 49.6 Å². The highest BCUT2D eigenvalue weighted by molar-refractivity contribution is 5.90. The molecule has 2 atom stereocenters. The van der Waals surface area contributed by atoms with Gasteiger partial charge in [0.1, 0.15) is 24.8 Å². The molecule has 5 N–H and O–H groups in total. The summed E-state index contributed by atoms with van der Waals surface area (Å²) in [6.45, 7) is 1.71.